The Morgan fingerprint density at radius 1 is 1.38 bits per heavy atom. The lowest BCUT2D eigenvalue weighted by molar-refractivity contribution is -0.115. The van der Waals surface area contributed by atoms with E-state index >= 15 is 0 Å². The van der Waals surface area contributed by atoms with Gasteiger partial charge in [-0.2, -0.15) is 0 Å². The predicted molar refractivity (Wildman–Crippen MR) is 65.6 cm³/mol. The number of aliphatic hydroxyl groups is 1. The first-order valence-electron chi connectivity index (χ1n) is 5.55. The molecule has 0 fully saturated rings. The van der Waals surface area contributed by atoms with Crippen LogP contribution < -0.4 is 5.32 Å². The summed E-state index contributed by atoms with van der Waals surface area (Å²) in [6, 6.07) is 7.97. The number of carbonyl (C=O) groups is 1. The fourth-order valence-corrected chi connectivity index (χ4v) is 1.45. The van der Waals surface area contributed by atoms with Crippen molar-refractivity contribution in [1.82, 2.24) is 0 Å². The van der Waals surface area contributed by atoms with Crippen LogP contribution in [0.5, 0.6) is 0 Å². The van der Waals surface area contributed by atoms with Crippen molar-refractivity contribution in [3.63, 3.8) is 0 Å². The molecule has 3 nitrogen and oxygen atoms in total. The van der Waals surface area contributed by atoms with Crippen LogP contribution in [0.2, 0.25) is 0 Å². The molecular weight excluding hydrogens is 202 g/mol. The Morgan fingerprint density at radius 3 is 2.50 bits per heavy atom. The molecule has 2 N–H and O–H groups in total. The number of benzene rings is 1. The number of rotatable bonds is 6. The molecule has 1 rings (SSSR count). The highest BCUT2D eigenvalue weighted by molar-refractivity contribution is 5.80. The standard InChI is InChI=1S/C13H19NO2/c1-10(9-15)7-12-3-5-13(6-4-12)14-8-11(2)16/h3-6,10,14-15H,7-9H2,1-2H3. The number of ketones is 1. The molecule has 1 atom stereocenters. The van der Waals surface area contributed by atoms with Crippen molar-refractivity contribution in [2.24, 2.45) is 5.92 Å². The first-order chi connectivity index (χ1) is 7.61. The van der Waals surface area contributed by atoms with Crippen molar-refractivity contribution in [1.29, 1.82) is 0 Å². The third kappa shape index (κ3) is 4.45. The molecule has 0 aliphatic carbocycles. The monoisotopic (exact) mass is 221 g/mol. The number of anilines is 1. The van der Waals surface area contributed by atoms with E-state index < -0.39 is 0 Å². The lowest BCUT2D eigenvalue weighted by Crippen LogP contribution is -2.09. The van der Waals surface area contributed by atoms with Gasteiger partial charge in [0.25, 0.3) is 0 Å². The molecule has 0 heterocycles. The molecule has 0 radical (unpaired) electrons. The molecule has 0 bridgehead atoms. The highest BCUT2D eigenvalue weighted by Crippen LogP contribution is 2.12. The highest BCUT2D eigenvalue weighted by atomic mass is 16.3. The van der Waals surface area contributed by atoms with Crippen LogP contribution in [-0.2, 0) is 11.2 Å². The van der Waals surface area contributed by atoms with Crippen molar-refractivity contribution in [3.8, 4) is 0 Å². The number of aliphatic hydroxyl groups excluding tert-OH is 1. The van der Waals surface area contributed by atoms with Gasteiger partial charge in [0.05, 0.1) is 6.54 Å². The zero-order valence-electron chi connectivity index (χ0n) is 9.86. The Bertz CT molecular complexity index is 332. The number of hydrogen-bond donors (Lipinski definition) is 2. The molecule has 1 aromatic rings. The Kier molecular flexibility index (Phi) is 4.99. The molecule has 16 heavy (non-hydrogen) atoms. The summed E-state index contributed by atoms with van der Waals surface area (Å²) in [6.45, 7) is 4.16. The third-order valence-corrected chi connectivity index (χ3v) is 2.39. The lowest BCUT2D eigenvalue weighted by Gasteiger charge is -2.09. The number of Topliss-reactive ketones (excluding diaryl/α,β-unsaturated/α-hetero) is 1. The number of carbonyl (C=O) groups excluding carboxylic acids is 1. The molecule has 0 saturated carbocycles. The molecule has 1 aromatic carbocycles. The maximum absolute atomic E-state index is 10.8. The van der Waals surface area contributed by atoms with E-state index in [-0.39, 0.29) is 18.3 Å². The van der Waals surface area contributed by atoms with E-state index in [1.807, 2.05) is 31.2 Å². The van der Waals surface area contributed by atoms with Gasteiger partial charge in [0, 0.05) is 12.3 Å². The Morgan fingerprint density at radius 2 is 2.00 bits per heavy atom. The van der Waals surface area contributed by atoms with Crippen molar-refractivity contribution in [3.05, 3.63) is 29.8 Å². The van der Waals surface area contributed by atoms with Gasteiger partial charge >= 0.3 is 0 Å². The van der Waals surface area contributed by atoms with E-state index in [0.717, 1.165) is 12.1 Å². The third-order valence-electron chi connectivity index (χ3n) is 2.39. The fourth-order valence-electron chi connectivity index (χ4n) is 1.45. The first kappa shape index (κ1) is 12.7. The molecule has 0 saturated heterocycles. The van der Waals surface area contributed by atoms with E-state index in [1.165, 1.54) is 5.56 Å². The molecule has 0 aliphatic rings. The largest absolute Gasteiger partial charge is 0.396 e. The normalized spacial score (nSPS) is 12.2. The van der Waals surface area contributed by atoms with E-state index in [2.05, 4.69) is 5.32 Å². The van der Waals surface area contributed by atoms with Crippen molar-refractivity contribution >= 4 is 11.5 Å². The summed E-state index contributed by atoms with van der Waals surface area (Å²) >= 11 is 0. The lowest BCUT2D eigenvalue weighted by atomic mass is 10.0. The molecule has 88 valence electrons. The number of nitrogens with one attached hydrogen (secondary N) is 1. The van der Waals surface area contributed by atoms with Crippen LogP contribution in [0, 0.1) is 5.92 Å². The van der Waals surface area contributed by atoms with E-state index in [4.69, 9.17) is 5.11 Å². The minimum Gasteiger partial charge on any atom is -0.396 e. The van der Waals surface area contributed by atoms with Crippen LogP contribution in [-0.4, -0.2) is 24.0 Å². The van der Waals surface area contributed by atoms with Crippen LogP contribution in [0.1, 0.15) is 19.4 Å². The quantitative estimate of drug-likeness (QED) is 0.771. The van der Waals surface area contributed by atoms with Gasteiger partial charge in [-0.25, -0.2) is 0 Å². The van der Waals surface area contributed by atoms with Gasteiger partial charge in [-0.1, -0.05) is 19.1 Å². The van der Waals surface area contributed by atoms with Crippen LogP contribution in [0.15, 0.2) is 24.3 Å². The zero-order valence-corrected chi connectivity index (χ0v) is 9.86. The van der Waals surface area contributed by atoms with E-state index in [9.17, 15) is 4.79 Å². The summed E-state index contributed by atoms with van der Waals surface area (Å²) < 4.78 is 0. The smallest absolute Gasteiger partial charge is 0.148 e. The van der Waals surface area contributed by atoms with Gasteiger partial charge in [-0.3, -0.25) is 4.79 Å². The second-order valence-electron chi connectivity index (χ2n) is 4.24. The van der Waals surface area contributed by atoms with Crippen LogP contribution in [0.4, 0.5) is 5.69 Å². The second-order valence-corrected chi connectivity index (χ2v) is 4.24. The Balaban J connectivity index is 2.50. The molecular formula is C13H19NO2. The van der Waals surface area contributed by atoms with Gasteiger partial charge in [-0.15, -0.1) is 0 Å². The summed E-state index contributed by atoms with van der Waals surface area (Å²) in [5.41, 5.74) is 2.16. The molecule has 0 aromatic heterocycles. The van der Waals surface area contributed by atoms with Gasteiger partial charge in [-0.05, 0) is 37.0 Å². The molecule has 0 amide bonds. The summed E-state index contributed by atoms with van der Waals surface area (Å²) in [4.78, 5) is 10.8. The zero-order chi connectivity index (χ0) is 12.0. The SMILES string of the molecule is CC(=O)CNc1ccc(CC(C)CO)cc1. The Hall–Kier alpha value is -1.35. The predicted octanol–water partition coefficient (Wildman–Crippen LogP) is 1.86. The molecule has 1 unspecified atom stereocenters. The van der Waals surface area contributed by atoms with Gasteiger partial charge < -0.3 is 10.4 Å². The Labute approximate surface area is 96.5 Å². The van der Waals surface area contributed by atoms with E-state index in [0.29, 0.717) is 6.54 Å². The van der Waals surface area contributed by atoms with Crippen molar-refractivity contribution in [2.75, 3.05) is 18.5 Å². The average Bonchev–Trinajstić information content (AvgIpc) is 2.28. The van der Waals surface area contributed by atoms with Crippen molar-refractivity contribution < 1.29 is 9.90 Å². The summed E-state index contributed by atoms with van der Waals surface area (Å²) in [5.74, 6) is 0.411. The van der Waals surface area contributed by atoms with Crippen molar-refractivity contribution in [2.45, 2.75) is 20.3 Å². The molecule has 3 heteroatoms. The van der Waals surface area contributed by atoms with E-state index in [1.54, 1.807) is 6.92 Å². The average molecular weight is 221 g/mol. The number of hydrogen-bond acceptors (Lipinski definition) is 3. The second kappa shape index (κ2) is 6.28. The summed E-state index contributed by atoms with van der Waals surface area (Å²) in [5, 5.41) is 12.0. The van der Waals surface area contributed by atoms with Crippen LogP contribution in [0.25, 0.3) is 0 Å². The van der Waals surface area contributed by atoms with Gasteiger partial charge in [0.2, 0.25) is 0 Å². The fraction of sp³-hybridized carbons (Fsp3) is 0.462. The van der Waals surface area contributed by atoms with Gasteiger partial charge in [0.15, 0.2) is 0 Å². The molecule has 0 aliphatic heterocycles. The maximum atomic E-state index is 10.8. The van der Waals surface area contributed by atoms with Crippen LogP contribution in [0.3, 0.4) is 0 Å². The minimum absolute atomic E-state index is 0.123. The van der Waals surface area contributed by atoms with Gasteiger partial charge in [0.1, 0.15) is 5.78 Å². The minimum atomic E-state index is 0.123. The summed E-state index contributed by atoms with van der Waals surface area (Å²) in [6.07, 6.45) is 0.878. The summed E-state index contributed by atoms with van der Waals surface area (Å²) in [7, 11) is 0. The highest BCUT2D eigenvalue weighted by Gasteiger charge is 2.02. The van der Waals surface area contributed by atoms with Crippen LogP contribution >= 0.6 is 0 Å². The first-order valence-corrected chi connectivity index (χ1v) is 5.55. The molecule has 0 spiro atoms. The maximum Gasteiger partial charge on any atom is 0.148 e. The topological polar surface area (TPSA) is 49.3 Å².